The Morgan fingerprint density at radius 1 is 1.60 bits per heavy atom. The van der Waals surface area contributed by atoms with Crippen molar-refractivity contribution in [2.45, 2.75) is 32.1 Å². The number of halogens is 1. The van der Waals surface area contributed by atoms with Crippen LogP contribution < -0.4 is 5.73 Å². The van der Waals surface area contributed by atoms with Crippen molar-refractivity contribution >= 4 is 27.7 Å². The highest BCUT2D eigenvalue weighted by molar-refractivity contribution is 9.10. The van der Waals surface area contributed by atoms with Crippen molar-refractivity contribution in [1.29, 1.82) is 0 Å². The SMILES string of the molecule is CCc1nn(C)c(CSCC(C)N)c1Br. The van der Waals surface area contributed by atoms with Gasteiger partial charge in [0.1, 0.15) is 0 Å². The van der Waals surface area contributed by atoms with Gasteiger partial charge in [0.2, 0.25) is 0 Å². The highest BCUT2D eigenvalue weighted by Gasteiger charge is 2.12. The van der Waals surface area contributed by atoms with Crippen LogP contribution >= 0.6 is 27.7 Å². The molecule has 0 aliphatic rings. The Morgan fingerprint density at radius 3 is 2.73 bits per heavy atom. The Hall–Kier alpha value is -0.0000000000000000555. The van der Waals surface area contributed by atoms with Gasteiger partial charge in [-0.15, -0.1) is 0 Å². The molecule has 1 aromatic heterocycles. The Kier molecular flexibility index (Phi) is 5.15. The molecule has 15 heavy (non-hydrogen) atoms. The van der Waals surface area contributed by atoms with E-state index in [0.717, 1.165) is 28.1 Å². The van der Waals surface area contributed by atoms with E-state index in [1.165, 1.54) is 5.69 Å². The average Bonchev–Trinajstić information content (AvgIpc) is 2.44. The third-order valence-corrected chi connectivity index (χ3v) is 4.28. The van der Waals surface area contributed by atoms with Crippen molar-refractivity contribution in [3.05, 3.63) is 15.9 Å². The smallest absolute Gasteiger partial charge is 0.0767 e. The second kappa shape index (κ2) is 5.92. The molecule has 0 fully saturated rings. The summed E-state index contributed by atoms with van der Waals surface area (Å²) in [5, 5.41) is 4.45. The molecule has 5 heteroatoms. The predicted molar refractivity (Wildman–Crippen MR) is 70.1 cm³/mol. The molecule has 0 bridgehead atoms. The minimum Gasteiger partial charge on any atom is -0.327 e. The van der Waals surface area contributed by atoms with Crippen LogP contribution in [0.5, 0.6) is 0 Å². The summed E-state index contributed by atoms with van der Waals surface area (Å²) in [5.41, 5.74) is 8.09. The lowest BCUT2D eigenvalue weighted by molar-refractivity contribution is 0.719. The van der Waals surface area contributed by atoms with Crippen LogP contribution in [0, 0.1) is 0 Å². The summed E-state index contributed by atoms with van der Waals surface area (Å²) in [7, 11) is 1.99. The highest BCUT2D eigenvalue weighted by Crippen LogP contribution is 2.25. The van der Waals surface area contributed by atoms with E-state index in [4.69, 9.17) is 5.73 Å². The molecule has 1 heterocycles. The Bertz CT molecular complexity index is 323. The van der Waals surface area contributed by atoms with Gasteiger partial charge in [-0.2, -0.15) is 16.9 Å². The molecule has 1 rings (SSSR count). The summed E-state index contributed by atoms with van der Waals surface area (Å²) >= 11 is 5.45. The van der Waals surface area contributed by atoms with E-state index in [0.29, 0.717) is 0 Å². The first-order chi connectivity index (χ1) is 7.06. The van der Waals surface area contributed by atoms with Gasteiger partial charge in [0.25, 0.3) is 0 Å². The zero-order valence-electron chi connectivity index (χ0n) is 9.46. The van der Waals surface area contributed by atoms with Crippen LogP contribution in [-0.4, -0.2) is 21.6 Å². The number of aromatic nitrogens is 2. The van der Waals surface area contributed by atoms with Crippen molar-refractivity contribution in [1.82, 2.24) is 9.78 Å². The fraction of sp³-hybridized carbons (Fsp3) is 0.700. The van der Waals surface area contributed by atoms with Crippen LogP contribution in [0.4, 0.5) is 0 Å². The summed E-state index contributed by atoms with van der Waals surface area (Å²) in [6.45, 7) is 4.15. The Labute approximate surface area is 104 Å². The topological polar surface area (TPSA) is 43.8 Å². The van der Waals surface area contributed by atoms with Gasteiger partial charge >= 0.3 is 0 Å². The molecular weight excluding hydrogens is 274 g/mol. The van der Waals surface area contributed by atoms with E-state index < -0.39 is 0 Å². The summed E-state index contributed by atoms with van der Waals surface area (Å²) in [4.78, 5) is 0. The minimum atomic E-state index is 0.257. The maximum atomic E-state index is 5.71. The van der Waals surface area contributed by atoms with Crippen LogP contribution in [0.2, 0.25) is 0 Å². The second-order valence-electron chi connectivity index (χ2n) is 3.68. The van der Waals surface area contributed by atoms with Gasteiger partial charge in [-0.05, 0) is 29.3 Å². The maximum Gasteiger partial charge on any atom is 0.0767 e. The summed E-state index contributed by atoms with van der Waals surface area (Å²) < 4.78 is 3.11. The number of rotatable bonds is 5. The molecule has 0 aliphatic heterocycles. The van der Waals surface area contributed by atoms with Crippen LogP contribution in [-0.2, 0) is 19.2 Å². The minimum absolute atomic E-state index is 0.257. The molecule has 0 saturated carbocycles. The van der Waals surface area contributed by atoms with Gasteiger partial charge in [-0.3, -0.25) is 4.68 Å². The zero-order chi connectivity index (χ0) is 11.4. The van der Waals surface area contributed by atoms with E-state index in [1.54, 1.807) is 0 Å². The van der Waals surface area contributed by atoms with E-state index in [9.17, 15) is 0 Å². The van der Waals surface area contributed by atoms with E-state index in [-0.39, 0.29) is 6.04 Å². The standard InChI is InChI=1S/C10H18BrN3S/c1-4-8-10(11)9(14(3)13-8)6-15-5-7(2)12/h7H,4-6,12H2,1-3H3. The third kappa shape index (κ3) is 3.50. The van der Waals surface area contributed by atoms with Crippen LogP contribution in [0.1, 0.15) is 25.2 Å². The van der Waals surface area contributed by atoms with E-state index in [2.05, 4.69) is 28.0 Å². The monoisotopic (exact) mass is 291 g/mol. The molecule has 3 nitrogen and oxygen atoms in total. The summed E-state index contributed by atoms with van der Waals surface area (Å²) in [6, 6.07) is 0.257. The first kappa shape index (κ1) is 13.1. The lowest BCUT2D eigenvalue weighted by Gasteiger charge is -2.05. The Morgan fingerprint density at radius 2 is 2.27 bits per heavy atom. The fourth-order valence-electron chi connectivity index (χ4n) is 1.32. The number of hydrogen-bond acceptors (Lipinski definition) is 3. The van der Waals surface area contributed by atoms with Crippen LogP contribution in [0.3, 0.4) is 0 Å². The number of hydrogen-bond donors (Lipinski definition) is 1. The second-order valence-corrected chi connectivity index (χ2v) is 5.50. The average molecular weight is 292 g/mol. The van der Waals surface area contributed by atoms with E-state index >= 15 is 0 Å². The van der Waals surface area contributed by atoms with Gasteiger partial charge in [0.15, 0.2) is 0 Å². The first-order valence-corrected chi connectivity index (χ1v) is 7.04. The number of nitrogens with two attached hydrogens (primary N) is 1. The molecule has 86 valence electrons. The summed E-state index contributed by atoms with van der Waals surface area (Å²) in [6.07, 6.45) is 0.965. The molecule has 0 amide bonds. The van der Waals surface area contributed by atoms with Crippen molar-refractivity contribution in [2.75, 3.05) is 5.75 Å². The molecule has 2 N–H and O–H groups in total. The zero-order valence-corrected chi connectivity index (χ0v) is 11.9. The van der Waals surface area contributed by atoms with Gasteiger partial charge < -0.3 is 5.73 Å². The largest absolute Gasteiger partial charge is 0.327 e. The summed E-state index contributed by atoms with van der Waals surface area (Å²) in [5.74, 6) is 1.95. The molecule has 1 unspecified atom stereocenters. The van der Waals surface area contributed by atoms with Crippen molar-refractivity contribution in [2.24, 2.45) is 12.8 Å². The van der Waals surface area contributed by atoms with Gasteiger partial charge in [-0.25, -0.2) is 0 Å². The first-order valence-electron chi connectivity index (χ1n) is 5.09. The molecular formula is C10H18BrN3S. The van der Waals surface area contributed by atoms with Crippen molar-refractivity contribution in [3.63, 3.8) is 0 Å². The third-order valence-electron chi connectivity index (χ3n) is 2.12. The van der Waals surface area contributed by atoms with Crippen molar-refractivity contribution < 1.29 is 0 Å². The molecule has 1 atom stereocenters. The lowest BCUT2D eigenvalue weighted by Crippen LogP contribution is -2.17. The molecule has 0 aliphatic carbocycles. The normalized spacial score (nSPS) is 13.1. The van der Waals surface area contributed by atoms with Crippen LogP contribution in [0.15, 0.2) is 4.47 Å². The number of thioether (sulfide) groups is 1. The Balaban J connectivity index is 2.64. The predicted octanol–water partition coefficient (Wildman–Crippen LogP) is 2.33. The number of aryl methyl sites for hydroxylation is 2. The van der Waals surface area contributed by atoms with Gasteiger partial charge in [-0.1, -0.05) is 6.92 Å². The molecule has 0 spiro atoms. The van der Waals surface area contributed by atoms with Gasteiger partial charge in [0.05, 0.1) is 15.9 Å². The molecule has 0 radical (unpaired) electrons. The molecule has 1 aromatic rings. The van der Waals surface area contributed by atoms with Crippen LogP contribution in [0.25, 0.3) is 0 Å². The molecule has 0 saturated heterocycles. The number of nitrogens with zero attached hydrogens (tertiary/aromatic N) is 2. The van der Waals surface area contributed by atoms with E-state index in [1.807, 2.05) is 30.4 Å². The molecule has 0 aromatic carbocycles. The fourth-order valence-corrected chi connectivity index (χ4v) is 3.27. The van der Waals surface area contributed by atoms with Crippen molar-refractivity contribution in [3.8, 4) is 0 Å². The quantitative estimate of drug-likeness (QED) is 0.906. The highest BCUT2D eigenvalue weighted by atomic mass is 79.9. The lowest BCUT2D eigenvalue weighted by atomic mass is 10.3. The van der Waals surface area contributed by atoms with Gasteiger partial charge in [0, 0.05) is 24.6 Å². The maximum absolute atomic E-state index is 5.71.